The maximum Gasteiger partial charge on any atom is 0.372 e. The highest BCUT2D eigenvalue weighted by atomic mass is 16.4. The summed E-state index contributed by atoms with van der Waals surface area (Å²) in [5.74, 6) is -0.994. The molecule has 108 valence electrons. The summed E-state index contributed by atoms with van der Waals surface area (Å²) in [7, 11) is 2.05. The predicted molar refractivity (Wildman–Crippen MR) is 78.1 cm³/mol. The first-order valence-electron chi connectivity index (χ1n) is 6.76. The standard InChI is InChI=1S/C15H20N2O3/c1-3-17(2)9-8-16-10-12-11-6-4-5-7-13(11)20-14(12)15(18)19/h4-7,16H,3,8-10H2,1-2H3,(H,18,19). The van der Waals surface area contributed by atoms with Gasteiger partial charge in [0.25, 0.3) is 0 Å². The summed E-state index contributed by atoms with van der Waals surface area (Å²) in [5, 5.41) is 13.4. The first kappa shape index (κ1) is 14.6. The van der Waals surface area contributed by atoms with Crippen LogP contribution in [0.25, 0.3) is 11.0 Å². The second-order valence-corrected chi connectivity index (χ2v) is 4.78. The Balaban J connectivity index is 2.11. The molecule has 1 heterocycles. The number of aromatic carboxylic acids is 1. The normalized spacial score (nSPS) is 11.3. The van der Waals surface area contributed by atoms with Gasteiger partial charge in [-0.05, 0) is 19.7 Å². The third-order valence-electron chi connectivity index (χ3n) is 3.40. The van der Waals surface area contributed by atoms with Gasteiger partial charge in [-0.15, -0.1) is 0 Å². The zero-order valence-electron chi connectivity index (χ0n) is 11.8. The number of nitrogens with zero attached hydrogens (tertiary/aromatic N) is 1. The Morgan fingerprint density at radius 1 is 1.40 bits per heavy atom. The van der Waals surface area contributed by atoms with Crippen molar-refractivity contribution in [1.29, 1.82) is 0 Å². The van der Waals surface area contributed by atoms with E-state index >= 15 is 0 Å². The van der Waals surface area contributed by atoms with E-state index in [1.165, 1.54) is 0 Å². The fraction of sp³-hybridized carbons (Fsp3) is 0.400. The molecule has 0 aliphatic carbocycles. The minimum absolute atomic E-state index is 0.0301. The number of carbonyl (C=O) groups is 1. The molecule has 0 saturated carbocycles. The van der Waals surface area contributed by atoms with Crippen LogP contribution >= 0.6 is 0 Å². The second kappa shape index (κ2) is 6.54. The van der Waals surface area contributed by atoms with Gasteiger partial charge in [-0.1, -0.05) is 25.1 Å². The molecule has 2 N–H and O–H groups in total. The van der Waals surface area contributed by atoms with E-state index in [2.05, 4.69) is 24.2 Å². The first-order chi connectivity index (χ1) is 9.63. The Morgan fingerprint density at radius 3 is 2.85 bits per heavy atom. The average Bonchev–Trinajstić information content (AvgIpc) is 2.82. The fourth-order valence-electron chi connectivity index (χ4n) is 2.09. The van der Waals surface area contributed by atoms with Gasteiger partial charge in [-0.2, -0.15) is 0 Å². The topological polar surface area (TPSA) is 65.7 Å². The molecule has 0 atom stereocenters. The molecule has 0 amide bonds. The molecular formula is C15H20N2O3. The molecule has 0 aliphatic heterocycles. The first-order valence-corrected chi connectivity index (χ1v) is 6.76. The highest BCUT2D eigenvalue weighted by Crippen LogP contribution is 2.25. The monoisotopic (exact) mass is 276 g/mol. The number of carboxylic acid groups (broad SMARTS) is 1. The number of hydrogen-bond acceptors (Lipinski definition) is 4. The van der Waals surface area contributed by atoms with Crippen LogP contribution in [-0.4, -0.2) is 42.7 Å². The molecule has 0 saturated heterocycles. The van der Waals surface area contributed by atoms with Gasteiger partial charge in [0.05, 0.1) is 0 Å². The summed E-state index contributed by atoms with van der Waals surface area (Å²) in [4.78, 5) is 13.4. The third-order valence-corrected chi connectivity index (χ3v) is 3.40. The molecule has 5 nitrogen and oxygen atoms in total. The lowest BCUT2D eigenvalue weighted by Gasteiger charge is -2.13. The van der Waals surface area contributed by atoms with Crippen LogP contribution in [0.15, 0.2) is 28.7 Å². The minimum atomic E-state index is -1.02. The van der Waals surface area contributed by atoms with Gasteiger partial charge < -0.3 is 19.7 Å². The van der Waals surface area contributed by atoms with Crippen molar-refractivity contribution in [2.75, 3.05) is 26.7 Å². The van der Waals surface area contributed by atoms with Crippen molar-refractivity contribution < 1.29 is 14.3 Å². The number of benzene rings is 1. The van der Waals surface area contributed by atoms with Crippen molar-refractivity contribution in [1.82, 2.24) is 10.2 Å². The second-order valence-electron chi connectivity index (χ2n) is 4.78. The summed E-state index contributed by atoms with van der Waals surface area (Å²) < 4.78 is 5.41. The van der Waals surface area contributed by atoms with Crippen LogP contribution in [0.1, 0.15) is 23.0 Å². The van der Waals surface area contributed by atoms with Gasteiger partial charge in [0.15, 0.2) is 0 Å². The van der Waals surface area contributed by atoms with E-state index in [-0.39, 0.29) is 5.76 Å². The van der Waals surface area contributed by atoms with Crippen molar-refractivity contribution in [3.63, 3.8) is 0 Å². The Hall–Kier alpha value is -1.85. The van der Waals surface area contributed by atoms with E-state index in [0.717, 1.165) is 25.0 Å². The Labute approximate surface area is 118 Å². The number of fused-ring (bicyclic) bond motifs is 1. The molecule has 20 heavy (non-hydrogen) atoms. The lowest BCUT2D eigenvalue weighted by atomic mass is 10.1. The van der Waals surface area contributed by atoms with E-state index in [9.17, 15) is 9.90 Å². The number of rotatable bonds is 7. The molecule has 1 aromatic heterocycles. The minimum Gasteiger partial charge on any atom is -0.475 e. The molecule has 5 heteroatoms. The van der Waals surface area contributed by atoms with Crippen molar-refractivity contribution in [2.24, 2.45) is 0 Å². The molecule has 2 rings (SSSR count). The van der Waals surface area contributed by atoms with E-state index < -0.39 is 5.97 Å². The van der Waals surface area contributed by atoms with Gasteiger partial charge in [0.2, 0.25) is 5.76 Å². The van der Waals surface area contributed by atoms with Crippen molar-refractivity contribution >= 4 is 16.9 Å². The number of carboxylic acids is 1. The SMILES string of the molecule is CCN(C)CCNCc1c(C(=O)O)oc2ccccc12. The van der Waals surface area contributed by atoms with Gasteiger partial charge in [0.1, 0.15) is 5.58 Å². The van der Waals surface area contributed by atoms with Crippen LogP contribution in [0.4, 0.5) is 0 Å². The van der Waals surface area contributed by atoms with Crippen LogP contribution in [-0.2, 0) is 6.54 Å². The molecule has 1 aromatic carbocycles. The number of para-hydroxylation sites is 1. The molecule has 0 fully saturated rings. The Kier molecular flexibility index (Phi) is 4.76. The number of furan rings is 1. The van der Waals surface area contributed by atoms with E-state index in [0.29, 0.717) is 17.7 Å². The summed E-state index contributed by atoms with van der Waals surface area (Å²) in [6.45, 7) is 5.33. The zero-order valence-corrected chi connectivity index (χ0v) is 11.8. The van der Waals surface area contributed by atoms with Gasteiger partial charge in [0, 0.05) is 30.6 Å². The Morgan fingerprint density at radius 2 is 2.15 bits per heavy atom. The summed E-state index contributed by atoms with van der Waals surface area (Å²) in [6.07, 6.45) is 0. The van der Waals surface area contributed by atoms with Crippen molar-refractivity contribution in [2.45, 2.75) is 13.5 Å². The smallest absolute Gasteiger partial charge is 0.372 e. The molecule has 0 bridgehead atoms. The highest BCUT2D eigenvalue weighted by molar-refractivity contribution is 5.95. The predicted octanol–water partition coefficient (Wildman–Crippen LogP) is 2.17. The fourth-order valence-corrected chi connectivity index (χ4v) is 2.09. The largest absolute Gasteiger partial charge is 0.475 e. The van der Waals surface area contributed by atoms with Crippen LogP contribution < -0.4 is 5.32 Å². The lowest BCUT2D eigenvalue weighted by molar-refractivity contribution is 0.0663. The van der Waals surface area contributed by atoms with Crippen LogP contribution in [0, 0.1) is 0 Å². The molecule has 0 spiro atoms. The molecule has 0 radical (unpaired) electrons. The quantitative estimate of drug-likeness (QED) is 0.759. The summed E-state index contributed by atoms with van der Waals surface area (Å²) in [6, 6.07) is 7.40. The van der Waals surface area contributed by atoms with Gasteiger partial charge in [-0.25, -0.2) is 4.79 Å². The molecule has 0 unspecified atom stereocenters. The zero-order chi connectivity index (χ0) is 14.5. The number of hydrogen-bond donors (Lipinski definition) is 2. The summed E-state index contributed by atoms with van der Waals surface area (Å²) in [5.41, 5.74) is 1.33. The number of likely N-dealkylation sites (N-methyl/N-ethyl adjacent to an activating group) is 1. The van der Waals surface area contributed by atoms with E-state index in [1.807, 2.05) is 18.2 Å². The van der Waals surface area contributed by atoms with Crippen LogP contribution in [0.3, 0.4) is 0 Å². The average molecular weight is 276 g/mol. The summed E-state index contributed by atoms with van der Waals surface area (Å²) >= 11 is 0. The van der Waals surface area contributed by atoms with Gasteiger partial charge >= 0.3 is 5.97 Å². The van der Waals surface area contributed by atoms with Crippen molar-refractivity contribution in [3.05, 3.63) is 35.6 Å². The number of nitrogens with one attached hydrogen (secondary N) is 1. The highest BCUT2D eigenvalue weighted by Gasteiger charge is 2.18. The molecule has 0 aliphatic rings. The molecular weight excluding hydrogens is 256 g/mol. The molecule has 2 aromatic rings. The van der Waals surface area contributed by atoms with Gasteiger partial charge in [-0.3, -0.25) is 0 Å². The van der Waals surface area contributed by atoms with E-state index in [1.54, 1.807) is 6.07 Å². The maximum atomic E-state index is 11.2. The van der Waals surface area contributed by atoms with Crippen molar-refractivity contribution in [3.8, 4) is 0 Å². The Bertz CT molecular complexity index is 592. The lowest BCUT2D eigenvalue weighted by Crippen LogP contribution is -2.29. The maximum absolute atomic E-state index is 11.2. The van der Waals surface area contributed by atoms with Crippen LogP contribution in [0.5, 0.6) is 0 Å². The van der Waals surface area contributed by atoms with Crippen LogP contribution in [0.2, 0.25) is 0 Å². The third kappa shape index (κ3) is 3.18. The van der Waals surface area contributed by atoms with E-state index in [4.69, 9.17) is 4.42 Å².